The van der Waals surface area contributed by atoms with E-state index in [2.05, 4.69) is 15.4 Å². The lowest BCUT2D eigenvalue weighted by atomic mass is 10.0. The Labute approximate surface area is 104 Å². The van der Waals surface area contributed by atoms with Crippen LogP contribution in [0.15, 0.2) is 6.33 Å². The van der Waals surface area contributed by atoms with Crippen LogP contribution in [0.3, 0.4) is 0 Å². The Morgan fingerprint density at radius 2 is 2.35 bits per heavy atom. The average Bonchev–Trinajstić information content (AvgIpc) is 2.73. The largest absolute Gasteiger partial charge is 0.367 e. The molecule has 1 aliphatic rings. The van der Waals surface area contributed by atoms with Crippen LogP contribution in [0, 0.1) is 5.92 Å². The lowest BCUT2D eigenvalue weighted by Gasteiger charge is -2.21. The molecule has 0 bridgehead atoms. The van der Waals surface area contributed by atoms with Crippen LogP contribution in [0.2, 0.25) is 0 Å². The van der Waals surface area contributed by atoms with Crippen molar-refractivity contribution >= 4 is 23.6 Å². The normalized spacial score (nSPS) is 16.9. The number of hydrogen-bond acceptors (Lipinski definition) is 5. The smallest absolute Gasteiger partial charge is 0.241 e. The highest BCUT2D eigenvalue weighted by molar-refractivity contribution is 7.99. The summed E-state index contributed by atoms with van der Waals surface area (Å²) in [5, 5.41) is 6.80. The molecule has 1 fully saturated rings. The summed E-state index contributed by atoms with van der Waals surface area (Å²) in [6.45, 7) is 0.954. The van der Waals surface area contributed by atoms with Gasteiger partial charge < -0.3 is 11.1 Å². The van der Waals surface area contributed by atoms with Crippen molar-refractivity contribution in [3.05, 3.63) is 6.33 Å². The van der Waals surface area contributed by atoms with Crippen LogP contribution in [0.1, 0.15) is 12.8 Å². The molecule has 1 aromatic heterocycles. The number of nitrogens with two attached hydrogens (primary N) is 1. The van der Waals surface area contributed by atoms with E-state index < -0.39 is 0 Å². The van der Waals surface area contributed by atoms with Crippen LogP contribution in [-0.4, -0.2) is 38.7 Å². The summed E-state index contributed by atoms with van der Waals surface area (Å²) in [7, 11) is 0. The maximum absolute atomic E-state index is 11.6. The number of nitrogens with one attached hydrogen (secondary N) is 1. The van der Waals surface area contributed by atoms with Gasteiger partial charge in [-0.25, -0.2) is 9.67 Å². The summed E-state index contributed by atoms with van der Waals surface area (Å²) in [4.78, 5) is 15.4. The van der Waals surface area contributed by atoms with Crippen molar-refractivity contribution in [2.24, 2.45) is 5.92 Å². The van der Waals surface area contributed by atoms with Crippen molar-refractivity contribution in [2.45, 2.75) is 19.4 Å². The fraction of sp³-hybridized carbons (Fsp3) is 0.700. The molecular formula is C10H17N5OS. The highest BCUT2D eigenvalue weighted by atomic mass is 32.2. The number of amides is 1. The predicted molar refractivity (Wildman–Crippen MR) is 67.5 cm³/mol. The minimum Gasteiger partial charge on any atom is -0.367 e. The van der Waals surface area contributed by atoms with Crippen molar-refractivity contribution in [3.8, 4) is 0 Å². The molecule has 2 rings (SSSR count). The number of carbonyl (C=O) groups excluding carboxylic acids is 1. The minimum atomic E-state index is -0.0341. The van der Waals surface area contributed by atoms with Crippen molar-refractivity contribution in [1.82, 2.24) is 20.1 Å². The fourth-order valence-corrected chi connectivity index (χ4v) is 3.00. The molecule has 17 heavy (non-hydrogen) atoms. The second-order valence-corrected chi connectivity index (χ2v) is 5.38. The molecule has 1 aliphatic heterocycles. The van der Waals surface area contributed by atoms with E-state index in [0.717, 1.165) is 6.54 Å². The van der Waals surface area contributed by atoms with Crippen LogP contribution in [-0.2, 0) is 11.3 Å². The van der Waals surface area contributed by atoms with Gasteiger partial charge in [0, 0.05) is 6.54 Å². The van der Waals surface area contributed by atoms with Crippen molar-refractivity contribution in [3.63, 3.8) is 0 Å². The van der Waals surface area contributed by atoms with Crippen molar-refractivity contribution < 1.29 is 4.79 Å². The summed E-state index contributed by atoms with van der Waals surface area (Å²) in [5.74, 6) is 3.21. The third-order valence-electron chi connectivity index (χ3n) is 2.79. The van der Waals surface area contributed by atoms with Gasteiger partial charge in [0.25, 0.3) is 0 Å². The summed E-state index contributed by atoms with van der Waals surface area (Å²) < 4.78 is 1.45. The van der Waals surface area contributed by atoms with E-state index in [-0.39, 0.29) is 18.4 Å². The molecule has 0 spiro atoms. The molecule has 0 atom stereocenters. The monoisotopic (exact) mass is 255 g/mol. The Bertz CT molecular complexity index is 375. The molecule has 2 heterocycles. The Morgan fingerprint density at radius 1 is 1.59 bits per heavy atom. The second-order valence-electron chi connectivity index (χ2n) is 4.16. The van der Waals surface area contributed by atoms with Crippen LogP contribution < -0.4 is 11.1 Å². The Kier molecular flexibility index (Phi) is 4.24. The van der Waals surface area contributed by atoms with E-state index in [0.29, 0.717) is 5.92 Å². The number of anilines is 1. The van der Waals surface area contributed by atoms with Gasteiger partial charge in [-0.15, -0.1) is 5.10 Å². The lowest BCUT2D eigenvalue weighted by molar-refractivity contribution is -0.122. The molecule has 0 aliphatic carbocycles. The third-order valence-corrected chi connectivity index (χ3v) is 3.84. The van der Waals surface area contributed by atoms with Crippen LogP contribution >= 0.6 is 11.8 Å². The minimum absolute atomic E-state index is 0.0341. The molecule has 0 radical (unpaired) electrons. The highest BCUT2D eigenvalue weighted by Crippen LogP contribution is 2.21. The number of nitrogen functional groups attached to an aromatic ring is 1. The van der Waals surface area contributed by atoms with Crippen LogP contribution in [0.4, 0.5) is 5.95 Å². The van der Waals surface area contributed by atoms with Crippen LogP contribution in [0.5, 0.6) is 0 Å². The van der Waals surface area contributed by atoms with Gasteiger partial charge in [-0.05, 0) is 30.3 Å². The lowest BCUT2D eigenvalue weighted by Crippen LogP contribution is -2.33. The van der Waals surface area contributed by atoms with E-state index in [1.54, 1.807) is 0 Å². The van der Waals surface area contributed by atoms with Gasteiger partial charge in [0.15, 0.2) is 0 Å². The molecule has 94 valence electrons. The van der Waals surface area contributed by atoms with Gasteiger partial charge in [-0.1, -0.05) is 0 Å². The van der Waals surface area contributed by atoms with Gasteiger partial charge in [0.2, 0.25) is 11.9 Å². The maximum atomic E-state index is 11.6. The molecule has 1 aromatic rings. The van der Waals surface area contributed by atoms with Gasteiger partial charge in [-0.2, -0.15) is 11.8 Å². The zero-order chi connectivity index (χ0) is 12.1. The van der Waals surface area contributed by atoms with Crippen molar-refractivity contribution in [1.29, 1.82) is 0 Å². The average molecular weight is 255 g/mol. The summed E-state index contributed by atoms with van der Waals surface area (Å²) in [5.41, 5.74) is 5.37. The topological polar surface area (TPSA) is 85.8 Å². The quantitative estimate of drug-likeness (QED) is 0.798. The van der Waals surface area contributed by atoms with E-state index in [4.69, 9.17) is 5.73 Å². The SMILES string of the molecule is Nc1ncn(CC(=O)NCC2CCSCC2)n1. The molecule has 0 saturated carbocycles. The zero-order valence-corrected chi connectivity index (χ0v) is 10.4. The fourth-order valence-electron chi connectivity index (χ4n) is 1.80. The number of hydrogen-bond donors (Lipinski definition) is 2. The zero-order valence-electron chi connectivity index (χ0n) is 9.63. The Balaban J connectivity index is 1.70. The first kappa shape index (κ1) is 12.2. The Morgan fingerprint density at radius 3 is 3.00 bits per heavy atom. The molecule has 7 heteroatoms. The van der Waals surface area contributed by atoms with E-state index in [1.165, 1.54) is 35.4 Å². The van der Waals surface area contributed by atoms with E-state index in [9.17, 15) is 4.79 Å². The van der Waals surface area contributed by atoms with Crippen LogP contribution in [0.25, 0.3) is 0 Å². The standard InChI is InChI=1S/C10H17N5OS/c11-10-13-7-15(14-10)6-9(16)12-5-8-1-3-17-4-2-8/h7-8H,1-6H2,(H2,11,14)(H,12,16). The predicted octanol–water partition coefficient (Wildman–Crippen LogP) is 0.120. The van der Waals surface area contributed by atoms with Gasteiger partial charge in [-0.3, -0.25) is 4.79 Å². The molecule has 0 unspecified atom stereocenters. The molecule has 1 saturated heterocycles. The highest BCUT2D eigenvalue weighted by Gasteiger charge is 2.14. The molecule has 6 nitrogen and oxygen atoms in total. The van der Waals surface area contributed by atoms with Gasteiger partial charge in [0.05, 0.1) is 0 Å². The summed E-state index contributed by atoms with van der Waals surface area (Å²) in [6, 6.07) is 0. The number of aromatic nitrogens is 3. The first-order chi connectivity index (χ1) is 8.24. The van der Waals surface area contributed by atoms with Gasteiger partial charge >= 0.3 is 0 Å². The first-order valence-electron chi connectivity index (χ1n) is 5.73. The molecule has 1 amide bonds. The van der Waals surface area contributed by atoms with E-state index in [1.807, 2.05) is 11.8 Å². The third kappa shape index (κ3) is 3.92. The molecular weight excluding hydrogens is 238 g/mol. The second kappa shape index (κ2) is 5.90. The number of thioether (sulfide) groups is 1. The number of carbonyl (C=O) groups is 1. The number of nitrogens with zero attached hydrogens (tertiary/aromatic N) is 3. The first-order valence-corrected chi connectivity index (χ1v) is 6.89. The summed E-state index contributed by atoms with van der Waals surface area (Å²) in [6.07, 6.45) is 3.86. The van der Waals surface area contributed by atoms with Crippen molar-refractivity contribution in [2.75, 3.05) is 23.8 Å². The number of rotatable bonds is 4. The Hall–Kier alpha value is -1.24. The van der Waals surface area contributed by atoms with E-state index >= 15 is 0 Å². The van der Waals surface area contributed by atoms with Gasteiger partial charge in [0.1, 0.15) is 12.9 Å². The molecule has 3 N–H and O–H groups in total. The maximum Gasteiger partial charge on any atom is 0.241 e. The summed E-state index contributed by atoms with van der Waals surface area (Å²) >= 11 is 1.99. The molecule has 0 aromatic carbocycles.